The lowest BCUT2D eigenvalue weighted by atomic mass is 10.2. The molecule has 1 aliphatic heterocycles. The third kappa shape index (κ3) is 2.48. The maximum atomic E-state index is 11.6. The molecule has 1 aromatic heterocycles. The van der Waals surface area contributed by atoms with E-state index in [9.17, 15) is 4.79 Å². The smallest absolute Gasteiger partial charge is 0.318 e. The lowest BCUT2D eigenvalue weighted by molar-refractivity contribution is 0.217. The van der Waals surface area contributed by atoms with Gasteiger partial charge in [-0.1, -0.05) is 11.6 Å². The summed E-state index contributed by atoms with van der Waals surface area (Å²) in [6.07, 6.45) is 0.839. The van der Waals surface area contributed by atoms with Crippen molar-refractivity contribution in [2.75, 3.05) is 19.6 Å². The van der Waals surface area contributed by atoms with Crippen molar-refractivity contribution >= 4 is 29.0 Å². The number of nitrogens with zero attached hydrogens (tertiary/aromatic N) is 1. The number of amides is 2. The van der Waals surface area contributed by atoms with Crippen LogP contribution >= 0.6 is 22.9 Å². The van der Waals surface area contributed by atoms with Gasteiger partial charge < -0.3 is 16.0 Å². The Hall–Kier alpha value is -0.780. The highest BCUT2D eigenvalue weighted by Gasteiger charge is 2.29. The summed E-state index contributed by atoms with van der Waals surface area (Å²) in [5.74, 6) is 0. The normalized spacial score (nSPS) is 20.2. The molecule has 4 nitrogen and oxygen atoms in total. The predicted molar refractivity (Wildman–Crippen MR) is 65.8 cm³/mol. The fraction of sp³-hybridized carbons (Fsp3) is 0.500. The van der Waals surface area contributed by atoms with Crippen molar-refractivity contribution in [3.05, 3.63) is 21.3 Å². The van der Waals surface area contributed by atoms with Crippen molar-refractivity contribution in [1.82, 2.24) is 10.2 Å². The van der Waals surface area contributed by atoms with E-state index in [-0.39, 0.29) is 12.1 Å². The molecule has 0 radical (unpaired) electrons. The Bertz CT molecular complexity index is 382. The fourth-order valence-electron chi connectivity index (χ4n) is 1.74. The summed E-state index contributed by atoms with van der Waals surface area (Å²) in [5.41, 5.74) is 5.43. The molecule has 2 amide bonds. The fourth-order valence-corrected chi connectivity index (χ4v) is 2.84. The molecule has 16 heavy (non-hydrogen) atoms. The summed E-state index contributed by atoms with van der Waals surface area (Å²) in [5, 5.41) is 2.94. The SMILES string of the molecule is NCCCN1CC(c2ccc(Cl)s2)NC1=O. The summed E-state index contributed by atoms with van der Waals surface area (Å²) < 4.78 is 0.754. The number of nitrogens with two attached hydrogens (primary N) is 1. The number of carbonyl (C=O) groups excluding carboxylic acids is 1. The van der Waals surface area contributed by atoms with Gasteiger partial charge in [0.1, 0.15) is 0 Å². The van der Waals surface area contributed by atoms with Gasteiger partial charge in [0.2, 0.25) is 0 Å². The zero-order valence-electron chi connectivity index (χ0n) is 8.78. The van der Waals surface area contributed by atoms with E-state index in [0.29, 0.717) is 13.1 Å². The zero-order valence-corrected chi connectivity index (χ0v) is 10.4. The van der Waals surface area contributed by atoms with E-state index in [2.05, 4.69) is 5.32 Å². The molecule has 0 spiro atoms. The van der Waals surface area contributed by atoms with Gasteiger partial charge in [-0.15, -0.1) is 11.3 Å². The predicted octanol–water partition coefficient (Wildman–Crippen LogP) is 1.82. The van der Waals surface area contributed by atoms with Crippen LogP contribution in [0.1, 0.15) is 17.3 Å². The van der Waals surface area contributed by atoms with E-state index < -0.39 is 0 Å². The standard InChI is InChI=1S/C10H14ClN3OS/c11-9-3-2-8(16-9)7-6-14(5-1-4-12)10(15)13-7/h2-3,7H,1,4-6,12H2,(H,13,15). The van der Waals surface area contributed by atoms with E-state index in [1.54, 1.807) is 4.90 Å². The van der Waals surface area contributed by atoms with Crippen molar-refractivity contribution in [2.24, 2.45) is 5.73 Å². The van der Waals surface area contributed by atoms with E-state index in [1.807, 2.05) is 12.1 Å². The highest BCUT2D eigenvalue weighted by Crippen LogP contribution is 2.29. The molecule has 88 valence electrons. The molecule has 0 aromatic carbocycles. The van der Waals surface area contributed by atoms with Gasteiger partial charge in [0.25, 0.3) is 0 Å². The van der Waals surface area contributed by atoms with Crippen LogP contribution in [0.5, 0.6) is 0 Å². The van der Waals surface area contributed by atoms with E-state index >= 15 is 0 Å². The summed E-state index contributed by atoms with van der Waals surface area (Å²) in [7, 11) is 0. The highest BCUT2D eigenvalue weighted by molar-refractivity contribution is 7.16. The number of halogens is 1. The second-order valence-electron chi connectivity index (χ2n) is 3.73. The topological polar surface area (TPSA) is 58.4 Å². The Kier molecular flexibility index (Phi) is 3.68. The molecule has 1 aromatic rings. The average Bonchev–Trinajstić information content (AvgIpc) is 2.82. The molecule has 2 heterocycles. The minimum atomic E-state index is -0.0111. The van der Waals surface area contributed by atoms with Crippen molar-refractivity contribution < 1.29 is 4.79 Å². The van der Waals surface area contributed by atoms with Crippen LogP contribution in [0.4, 0.5) is 4.79 Å². The summed E-state index contributed by atoms with van der Waals surface area (Å²) in [6.45, 7) is 2.03. The third-order valence-electron chi connectivity index (χ3n) is 2.56. The first-order valence-corrected chi connectivity index (χ1v) is 6.41. The van der Waals surface area contributed by atoms with Crippen LogP contribution in [0.25, 0.3) is 0 Å². The van der Waals surface area contributed by atoms with Crippen LogP contribution in [-0.2, 0) is 0 Å². The Labute approximate surface area is 103 Å². The van der Waals surface area contributed by atoms with Crippen molar-refractivity contribution in [2.45, 2.75) is 12.5 Å². The van der Waals surface area contributed by atoms with Gasteiger partial charge in [-0.05, 0) is 25.1 Å². The molecular formula is C10H14ClN3OS. The maximum absolute atomic E-state index is 11.6. The Morgan fingerprint density at radius 2 is 2.44 bits per heavy atom. The summed E-state index contributed by atoms with van der Waals surface area (Å²) in [6, 6.07) is 3.88. The van der Waals surface area contributed by atoms with Crippen LogP contribution in [0.15, 0.2) is 12.1 Å². The van der Waals surface area contributed by atoms with Gasteiger partial charge >= 0.3 is 6.03 Å². The van der Waals surface area contributed by atoms with Gasteiger partial charge in [-0.25, -0.2) is 4.79 Å². The summed E-state index contributed by atoms with van der Waals surface area (Å²) >= 11 is 7.38. The molecule has 1 unspecified atom stereocenters. The minimum absolute atomic E-state index is 0.0111. The molecule has 0 saturated carbocycles. The molecule has 0 aliphatic carbocycles. The number of nitrogens with one attached hydrogen (secondary N) is 1. The van der Waals surface area contributed by atoms with Gasteiger partial charge in [0.05, 0.1) is 10.4 Å². The second kappa shape index (κ2) is 5.03. The summed E-state index contributed by atoms with van der Waals surface area (Å²) in [4.78, 5) is 14.5. The van der Waals surface area contributed by atoms with Gasteiger partial charge in [-0.3, -0.25) is 0 Å². The van der Waals surface area contributed by atoms with Crippen LogP contribution in [0.2, 0.25) is 4.34 Å². The molecule has 0 bridgehead atoms. The molecule has 2 rings (SSSR count). The molecular weight excluding hydrogens is 246 g/mol. The van der Waals surface area contributed by atoms with Crippen LogP contribution in [-0.4, -0.2) is 30.6 Å². The van der Waals surface area contributed by atoms with Crippen molar-refractivity contribution in [3.8, 4) is 0 Å². The molecule has 1 saturated heterocycles. The number of carbonyl (C=O) groups is 1. The number of thiophene rings is 1. The molecule has 6 heteroatoms. The lowest BCUT2D eigenvalue weighted by Crippen LogP contribution is -2.30. The first-order valence-electron chi connectivity index (χ1n) is 5.21. The largest absolute Gasteiger partial charge is 0.330 e. The minimum Gasteiger partial charge on any atom is -0.330 e. The third-order valence-corrected chi connectivity index (χ3v) is 3.90. The second-order valence-corrected chi connectivity index (χ2v) is 5.48. The quantitative estimate of drug-likeness (QED) is 0.867. The Balaban J connectivity index is 1.98. The number of hydrogen-bond acceptors (Lipinski definition) is 3. The van der Waals surface area contributed by atoms with Crippen LogP contribution in [0, 0.1) is 0 Å². The monoisotopic (exact) mass is 259 g/mol. The Morgan fingerprint density at radius 1 is 1.62 bits per heavy atom. The van der Waals surface area contributed by atoms with Gasteiger partial charge in [0.15, 0.2) is 0 Å². The zero-order chi connectivity index (χ0) is 11.5. The van der Waals surface area contributed by atoms with E-state index in [4.69, 9.17) is 17.3 Å². The molecule has 1 atom stereocenters. The highest BCUT2D eigenvalue weighted by atomic mass is 35.5. The first kappa shape index (κ1) is 11.7. The maximum Gasteiger partial charge on any atom is 0.318 e. The number of urea groups is 1. The molecule has 1 fully saturated rings. The molecule has 1 aliphatic rings. The average molecular weight is 260 g/mol. The van der Waals surface area contributed by atoms with E-state index in [1.165, 1.54) is 11.3 Å². The number of hydrogen-bond donors (Lipinski definition) is 2. The van der Waals surface area contributed by atoms with Crippen molar-refractivity contribution in [3.63, 3.8) is 0 Å². The van der Waals surface area contributed by atoms with Gasteiger partial charge in [0, 0.05) is 18.0 Å². The van der Waals surface area contributed by atoms with Crippen LogP contribution in [0.3, 0.4) is 0 Å². The van der Waals surface area contributed by atoms with Gasteiger partial charge in [-0.2, -0.15) is 0 Å². The lowest BCUT2D eigenvalue weighted by Gasteiger charge is -2.13. The van der Waals surface area contributed by atoms with Crippen LogP contribution < -0.4 is 11.1 Å². The number of rotatable bonds is 4. The van der Waals surface area contributed by atoms with Crippen molar-refractivity contribution in [1.29, 1.82) is 0 Å². The first-order chi connectivity index (χ1) is 7.70. The van der Waals surface area contributed by atoms with E-state index in [0.717, 1.165) is 22.2 Å². The Morgan fingerprint density at radius 3 is 3.06 bits per heavy atom. The molecule has 3 N–H and O–H groups in total.